The van der Waals surface area contributed by atoms with Gasteiger partial charge in [0, 0.05) is 30.7 Å². The van der Waals surface area contributed by atoms with Crippen LogP contribution in [0.1, 0.15) is 43.2 Å². The Morgan fingerprint density at radius 3 is 2.50 bits per heavy atom. The average Bonchev–Trinajstić information content (AvgIpc) is 3.21. The molecule has 2 nitrogen and oxygen atoms in total. The zero-order valence-electron chi connectivity index (χ0n) is 11.4. The fourth-order valence-electron chi connectivity index (χ4n) is 3.22. The van der Waals surface area contributed by atoms with Crippen LogP contribution in [-0.2, 0) is 5.41 Å². The van der Waals surface area contributed by atoms with Crippen LogP contribution < -0.4 is 10.6 Å². The predicted molar refractivity (Wildman–Crippen MR) is 77.2 cm³/mol. The van der Waals surface area contributed by atoms with Crippen LogP contribution in [0.5, 0.6) is 0 Å². The molecule has 18 heavy (non-hydrogen) atoms. The van der Waals surface area contributed by atoms with Crippen molar-refractivity contribution >= 4 is 5.69 Å². The third-order valence-corrected chi connectivity index (χ3v) is 4.66. The summed E-state index contributed by atoms with van der Waals surface area (Å²) in [4.78, 5) is 2.58. The standard InChI is InChI=1S/C16H24N2/c1-13-5-6-15(18-9-3-2-4-10-18)14(11-13)16(12-17)7-8-16/h5-6,11H,2-4,7-10,12,17H2,1H3. The highest BCUT2D eigenvalue weighted by Gasteiger charge is 2.44. The molecule has 1 aliphatic heterocycles. The van der Waals surface area contributed by atoms with E-state index in [1.807, 2.05) is 0 Å². The molecule has 2 aliphatic rings. The molecule has 0 unspecified atom stereocenters. The first-order valence-electron chi connectivity index (χ1n) is 7.31. The van der Waals surface area contributed by atoms with Crippen molar-refractivity contribution in [3.8, 4) is 0 Å². The molecule has 0 amide bonds. The maximum absolute atomic E-state index is 6.03. The number of benzene rings is 1. The Bertz CT molecular complexity index is 429. The molecule has 1 saturated heterocycles. The maximum atomic E-state index is 6.03. The van der Waals surface area contributed by atoms with Gasteiger partial charge in [-0.25, -0.2) is 0 Å². The van der Waals surface area contributed by atoms with Crippen LogP contribution in [0, 0.1) is 6.92 Å². The molecule has 0 spiro atoms. The van der Waals surface area contributed by atoms with Gasteiger partial charge in [-0.05, 0) is 50.7 Å². The van der Waals surface area contributed by atoms with E-state index in [1.165, 1.54) is 62.0 Å². The van der Waals surface area contributed by atoms with Crippen molar-refractivity contribution in [2.24, 2.45) is 5.73 Å². The van der Waals surface area contributed by atoms with E-state index in [0.717, 1.165) is 6.54 Å². The molecule has 1 aromatic carbocycles. The lowest BCUT2D eigenvalue weighted by Crippen LogP contribution is -2.32. The minimum absolute atomic E-state index is 0.304. The predicted octanol–water partition coefficient (Wildman–Crippen LogP) is 2.98. The van der Waals surface area contributed by atoms with Crippen LogP contribution in [-0.4, -0.2) is 19.6 Å². The number of nitrogens with two attached hydrogens (primary N) is 1. The molecule has 1 aromatic rings. The van der Waals surface area contributed by atoms with Crippen LogP contribution in [0.4, 0.5) is 5.69 Å². The number of anilines is 1. The fourth-order valence-corrected chi connectivity index (χ4v) is 3.22. The highest BCUT2D eigenvalue weighted by atomic mass is 15.1. The van der Waals surface area contributed by atoms with Gasteiger partial charge in [-0.1, -0.05) is 17.7 Å². The number of hydrogen-bond acceptors (Lipinski definition) is 2. The van der Waals surface area contributed by atoms with Crippen molar-refractivity contribution in [3.63, 3.8) is 0 Å². The minimum atomic E-state index is 0.304. The quantitative estimate of drug-likeness (QED) is 0.885. The van der Waals surface area contributed by atoms with E-state index in [2.05, 4.69) is 30.0 Å². The van der Waals surface area contributed by atoms with E-state index >= 15 is 0 Å². The van der Waals surface area contributed by atoms with Gasteiger partial charge in [0.2, 0.25) is 0 Å². The topological polar surface area (TPSA) is 29.3 Å². The summed E-state index contributed by atoms with van der Waals surface area (Å²) < 4.78 is 0. The van der Waals surface area contributed by atoms with Crippen molar-refractivity contribution < 1.29 is 0 Å². The third kappa shape index (κ3) is 2.03. The lowest BCUT2D eigenvalue weighted by molar-refractivity contribution is 0.572. The number of aryl methyl sites for hydroxylation is 1. The smallest absolute Gasteiger partial charge is 0.0405 e. The molecule has 1 saturated carbocycles. The van der Waals surface area contributed by atoms with Crippen LogP contribution in [0.3, 0.4) is 0 Å². The van der Waals surface area contributed by atoms with Crippen LogP contribution >= 0.6 is 0 Å². The number of hydrogen-bond donors (Lipinski definition) is 1. The molecule has 1 aliphatic carbocycles. The van der Waals surface area contributed by atoms with Crippen molar-refractivity contribution in [2.45, 2.75) is 44.4 Å². The molecule has 0 atom stereocenters. The summed E-state index contributed by atoms with van der Waals surface area (Å²) in [5.41, 5.74) is 10.7. The van der Waals surface area contributed by atoms with Gasteiger partial charge in [0.05, 0.1) is 0 Å². The Hall–Kier alpha value is -1.02. The van der Waals surface area contributed by atoms with E-state index in [4.69, 9.17) is 5.73 Å². The molecular weight excluding hydrogens is 220 g/mol. The SMILES string of the molecule is Cc1ccc(N2CCCCC2)c(C2(CN)CC2)c1. The highest BCUT2D eigenvalue weighted by Crippen LogP contribution is 2.50. The van der Waals surface area contributed by atoms with Crippen molar-refractivity contribution in [3.05, 3.63) is 29.3 Å². The second-order valence-corrected chi connectivity index (χ2v) is 6.05. The van der Waals surface area contributed by atoms with E-state index in [-0.39, 0.29) is 0 Å². The summed E-state index contributed by atoms with van der Waals surface area (Å²) >= 11 is 0. The molecule has 2 fully saturated rings. The summed E-state index contributed by atoms with van der Waals surface area (Å²) in [6, 6.07) is 6.95. The molecule has 0 radical (unpaired) electrons. The van der Waals surface area contributed by atoms with Gasteiger partial charge in [0.15, 0.2) is 0 Å². The summed E-state index contributed by atoms with van der Waals surface area (Å²) in [6.45, 7) is 5.43. The molecule has 0 bridgehead atoms. The normalized spacial score (nSPS) is 22.0. The molecule has 0 aromatic heterocycles. The van der Waals surface area contributed by atoms with Crippen molar-refractivity contribution in [1.29, 1.82) is 0 Å². The Balaban J connectivity index is 1.97. The second-order valence-electron chi connectivity index (χ2n) is 6.05. The first-order valence-corrected chi connectivity index (χ1v) is 7.31. The number of piperidine rings is 1. The van der Waals surface area contributed by atoms with Crippen LogP contribution in [0.2, 0.25) is 0 Å². The van der Waals surface area contributed by atoms with E-state index < -0.39 is 0 Å². The molecule has 1 heterocycles. The van der Waals surface area contributed by atoms with Gasteiger partial charge in [0.1, 0.15) is 0 Å². The number of rotatable bonds is 3. The van der Waals surface area contributed by atoms with E-state index in [1.54, 1.807) is 0 Å². The summed E-state index contributed by atoms with van der Waals surface area (Å²) in [6.07, 6.45) is 6.60. The maximum Gasteiger partial charge on any atom is 0.0405 e. The van der Waals surface area contributed by atoms with Crippen molar-refractivity contribution in [2.75, 3.05) is 24.5 Å². The zero-order valence-corrected chi connectivity index (χ0v) is 11.4. The molecule has 98 valence electrons. The van der Waals surface area contributed by atoms with Gasteiger partial charge < -0.3 is 10.6 Å². The van der Waals surface area contributed by atoms with Gasteiger partial charge in [-0.2, -0.15) is 0 Å². The monoisotopic (exact) mass is 244 g/mol. The van der Waals surface area contributed by atoms with Gasteiger partial charge in [0.25, 0.3) is 0 Å². The molecule has 3 rings (SSSR count). The zero-order chi connectivity index (χ0) is 12.6. The minimum Gasteiger partial charge on any atom is -0.371 e. The first-order chi connectivity index (χ1) is 8.75. The van der Waals surface area contributed by atoms with E-state index in [0.29, 0.717) is 5.41 Å². The van der Waals surface area contributed by atoms with E-state index in [9.17, 15) is 0 Å². The highest BCUT2D eigenvalue weighted by molar-refractivity contribution is 5.60. The van der Waals surface area contributed by atoms with Gasteiger partial charge in [-0.15, -0.1) is 0 Å². The second kappa shape index (κ2) is 4.58. The Morgan fingerprint density at radius 1 is 1.17 bits per heavy atom. The van der Waals surface area contributed by atoms with Crippen LogP contribution in [0.25, 0.3) is 0 Å². The van der Waals surface area contributed by atoms with Gasteiger partial charge >= 0.3 is 0 Å². The number of nitrogens with zero attached hydrogens (tertiary/aromatic N) is 1. The summed E-state index contributed by atoms with van der Waals surface area (Å²) in [5, 5.41) is 0. The fraction of sp³-hybridized carbons (Fsp3) is 0.625. The van der Waals surface area contributed by atoms with Crippen LogP contribution in [0.15, 0.2) is 18.2 Å². The van der Waals surface area contributed by atoms with Crippen molar-refractivity contribution in [1.82, 2.24) is 0 Å². The molecule has 2 heteroatoms. The van der Waals surface area contributed by atoms with Gasteiger partial charge in [-0.3, -0.25) is 0 Å². The largest absolute Gasteiger partial charge is 0.371 e. The third-order valence-electron chi connectivity index (χ3n) is 4.66. The lowest BCUT2D eigenvalue weighted by Gasteiger charge is -2.32. The average molecular weight is 244 g/mol. The Morgan fingerprint density at radius 2 is 1.89 bits per heavy atom. The Labute approximate surface area is 110 Å². The summed E-state index contributed by atoms with van der Waals surface area (Å²) in [7, 11) is 0. The Kier molecular flexibility index (Phi) is 3.06. The molecular formula is C16H24N2. The first kappa shape index (κ1) is 12.0. The summed E-state index contributed by atoms with van der Waals surface area (Å²) in [5.74, 6) is 0. The molecule has 2 N–H and O–H groups in total. The lowest BCUT2D eigenvalue weighted by atomic mass is 9.91.